The van der Waals surface area contributed by atoms with Crippen LogP contribution in [0.1, 0.15) is 44.6 Å². The highest BCUT2D eigenvalue weighted by atomic mass is 16.1. The van der Waals surface area contributed by atoms with Crippen molar-refractivity contribution in [3.05, 3.63) is 34.7 Å². The van der Waals surface area contributed by atoms with Crippen molar-refractivity contribution in [1.82, 2.24) is 19.4 Å². The minimum atomic E-state index is 0.0456. The summed E-state index contributed by atoms with van der Waals surface area (Å²) in [5, 5.41) is 0. The molecule has 3 heterocycles. The number of hydrogen-bond acceptors (Lipinski definition) is 3. The van der Waals surface area contributed by atoms with Crippen LogP contribution in [-0.4, -0.2) is 58.6 Å². The number of nitrogens with one attached hydrogen (secondary N) is 1. The van der Waals surface area contributed by atoms with Crippen LogP contribution in [0.5, 0.6) is 0 Å². The average Bonchev–Trinajstić information content (AvgIpc) is 2.81. The Morgan fingerprint density at radius 3 is 2.24 bits per heavy atom. The lowest BCUT2D eigenvalue weighted by molar-refractivity contribution is 0.159. The zero-order valence-corrected chi connectivity index (χ0v) is 15.1. The molecule has 0 spiro atoms. The fourth-order valence-electron chi connectivity index (χ4n) is 4.48. The van der Waals surface area contributed by atoms with E-state index in [4.69, 9.17) is 0 Å². The normalized spacial score (nSPS) is 21.6. The highest BCUT2D eigenvalue weighted by molar-refractivity contribution is 5.75. The maximum absolute atomic E-state index is 12.4. The van der Waals surface area contributed by atoms with E-state index in [0.29, 0.717) is 6.04 Å². The summed E-state index contributed by atoms with van der Waals surface area (Å²) < 4.78 is 1.99. The monoisotopic (exact) mass is 342 g/mol. The Hall–Kier alpha value is -1.59. The predicted octanol–water partition coefficient (Wildman–Crippen LogP) is 2.84. The maximum Gasteiger partial charge on any atom is 0.326 e. The Balaban J connectivity index is 1.33. The Bertz CT molecular complexity index is 733. The fourth-order valence-corrected chi connectivity index (χ4v) is 4.48. The van der Waals surface area contributed by atoms with E-state index in [2.05, 4.69) is 20.9 Å². The number of aromatic amines is 1. The Morgan fingerprint density at radius 2 is 1.52 bits per heavy atom. The van der Waals surface area contributed by atoms with Crippen LogP contribution in [0.3, 0.4) is 0 Å². The lowest BCUT2D eigenvalue weighted by Crippen LogP contribution is -2.41. The number of hydrogen-bond donors (Lipinski definition) is 1. The SMILES string of the molecule is O=c1[nH]c2ccccc2n1C1CCN(CCN2CCCCCC2)CC1. The standard InChI is InChI=1S/C20H30N4O/c25-20-21-18-7-3-4-8-19(18)24(20)17-9-13-23(14-10-17)16-15-22-11-5-1-2-6-12-22/h3-4,7-8,17H,1-2,5-6,9-16H2,(H,21,25). The van der Waals surface area contributed by atoms with Gasteiger partial charge in [-0.15, -0.1) is 0 Å². The van der Waals surface area contributed by atoms with Gasteiger partial charge in [0.1, 0.15) is 0 Å². The minimum absolute atomic E-state index is 0.0456. The van der Waals surface area contributed by atoms with Crippen LogP contribution >= 0.6 is 0 Å². The zero-order valence-electron chi connectivity index (χ0n) is 15.1. The van der Waals surface area contributed by atoms with Gasteiger partial charge in [-0.3, -0.25) is 4.57 Å². The lowest BCUT2D eigenvalue weighted by atomic mass is 10.0. The predicted molar refractivity (Wildman–Crippen MR) is 102 cm³/mol. The van der Waals surface area contributed by atoms with Gasteiger partial charge in [0.05, 0.1) is 11.0 Å². The molecule has 2 aliphatic heterocycles. The summed E-state index contributed by atoms with van der Waals surface area (Å²) in [7, 11) is 0. The van der Waals surface area contributed by atoms with Crippen LogP contribution in [0.15, 0.2) is 29.1 Å². The largest absolute Gasteiger partial charge is 0.326 e. The Morgan fingerprint density at radius 1 is 0.880 bits per heavy atom. The van der Waals surface area contributed by atoms with Gasteiger partial charge in [0.2, 0.25) is 0 Å². The van der Waals surface area contributed by atoms with Gasteiger partial charge in [-0.05, 0) is 50.9 Å². The molecule has 5 heteroatoms. The topological polar surface area (TPSA) is 44.3 Å². The third kappa shape index (κ3) is 3.82. The number of piperidine rings is 1. The van der Waals surface area contributed by atoms with E-state index in [1.807, 2.05) is 22.8 Å². The van der Waals surface area contributed by atoms with E-state index in [-0.39, 0.29) is 5.69 Å². The molecule has 2 saturated heterocycles. The molecule has 2 aliphatic rings. The summed E-state index contributed by atoms with van der Waals surface area (Å²) in [6, 6.07) is 8.37. The number of nitrogens with zero attached hydrogens (tertiary/aromatic N) is 3. The molecule has 0 unspecified atom stereocenters. The van der Waals surface area contributed by atoms with Crippen LogP contribution < -0.4 is 5.69 Å². The van der Waals surface area contributed by atoms with Gasteiger partial charge >= 0.3 is 5.69 Å². The molecule has 4 rings (SSSR count). The van der Waals surface area contributed by atoms with Gasteiger partial charge in [-0.2, -0.15) is 0 Å². The molecular weight excluding hydrogens is 312 g/mol. The number of fused-ring (bicyclic) bond motifs is 1. The molecule has 1 N–H and O–H groups in total. The summed E-state index contributed by atoms with van der Waals surface area (Å²) in [5.41, 5.74) is 2.05. The molecule has 0 aliphatic carbocycles. The summed E-state index contributed by atoms with van der Waals surface area (Å²) in [6.45, 7) is 7.14. The van der Waals surface area contributed by atoms with Crippen molar-refractivity contribution in [3.63, 3.8) is 0 Å². The Labute approximate surface area is 149 Å². The quantitative estimate of drug-likeness (QED) is 0.929. The molecule has 25 heavy (non-hydrogen) atoms. The average molecular weight is 342 g/mol. The molecule has 5 nitrogen and oxygen atoms in total. The number of imidazole rings is 1. The first kappa shape index (κ1) is 16.9. The lowest BCUT2D eigenvalue weighted by Gasteiger charge is -2.33. The van der Waals surface area contributed by atoms with Crippen molar-refractivity contribution in [3.8, 4) is 0 Å². The smallest absolute Gasteiger partial charge is 0.306 e. The van der Waals surface area contributed by atoms with E-state index in [1.165, 1.54) is 51.9 Å². The molecule has 0 saturated carbocycles. The summed E-state index contributed by atoms with van der Waals surface area (Å²) in [5.74, 6) is 0. The second-order valence-corrected chi connectivity index (χ2v) is 7.65. The van der Waals surface area contributed by atoms with E-state index in [0.717, 1.165) is 37.0 Å². The summed E-state index contributed by atoms with van der Waals surface area (Å²) in [6.07, 6.45) is 7.68. The fraction of sp³-hybridized carbons (Fsp3) is 0.650. The molecule has 1 aromatic heterocycles. The van der Waals surface area contributed by atoms with Gasteiger partial charge in [-0.25, -0.2) is 4.79 Å². The van der Waals surface area contributed by atoms with Crippen molar-refractivity contribution >= 4 is 11.0 Å². The highest BCUT2D eigenvalue weighted by Crippen LogP contribution is 2.24. The van der Waals surface area contributed by atoms with Crippen LogP contribution in [0.2, 0.25) is 0 Å². The van der Waals surface area contributed by atoms with Gasteiger partial charge < -0.3 is 14.8 Å². The number of H-pyrrole nitrogens is 1. The number of rotatable bonds is 4. The molecule has 0 radical (unpaired) electrons. The van der Waals surface area contributed by atoms with Crippen LogP contribution in [0.4, 0.5) is 0 Å². The summed E-state index contributed by atoms with van der Waals surface area (Å²) >= 11 is 0. The minimum Gasteiger partial charge on any atom is -0.306 e. The third-order valence-corrected chi connectivity index (χ3v) is 5.98. The molecule has 0 bridgehead atoms. The molecule has 2 aromatic rings. The van der Waals surface area contributed by atoms with Gasteiger partial charge in [0, 0.05) is 32.2 Å². The third-order valence-electron chi connectivity index (χ3n) is 5.98. The molecule has 2 fully saturated rings. The highest BCUT2D eigenvalue weighted by Gasteiger charge is 2.23. The van der Waals surface area contributed by atoms with E-state index < -0.39 is 0 Å². The number of likely N-dealkylation sites (tertiary alicyclic amines) is 2. The first-order valence-corrected chi connectivity index (χ1v) is 9.95. The van der Waals surface area contributed by atoms with E-state index >= 15 is 0 Å². The van der Waals surface area contributed by atoms with Gasteiger partial charge in [0.25, 0.3) is 0 Å². The van der Waals surface area contributed by atoms with Gasteiger partial charge in [-0.1, -0.05) is 25.0 Å². The second kappa shape index (κ2) is 7.75. The van der Waals surface area contributed by atoms with Gasteiger partial charge in [0.15, 0.2) is 0 Å². The Kier molecular flexibility index (Phi) is 5.22. The van der Waals surface area contributed by atoms with Crippen molar-refractivity contribution < 1.29 is 0 Å². The molecule has 0 atom stereocenters. The summed E-state index contributed by atoms with van der Waals surface area (Å²) in [4.78, 5) is 20.6. The molecule has 136 valence electrons. The van der Waals surface area contributed by atoms with Crippen LogP contribution in [-0.2, 0) is 0 Å². The van der Waals surface area contributed by atoms with Crippen molar-refractivity contribution in [2.75, 3.05) is 39.3 Å². The number of para-hydroxylation sites is 2. The number of aromatic nitrogens is 2. The first-order chi connectivity index (χ1) is 12.3. The second-order valence-electron chi connectivity index (χ2n) is 7.65. The van der Waals surface area contributed by atoms with E-state index in [9.17, 15) is 4.79 Å². The van der Waals surface area contributed by atoms with Crippen LogP contribution in [0, 0.1) is 0 Å². The molecule has 0 amide bonds. The zero-order chi connectivity index (χ0) is 17.1. The van der Waals surface area contributed by atoms with E-state index in [1.54, 1.807) is 0 Å². The molecular formula is C20H30N4O. The van der Waals surface area contributed by atoms with Crippen molar-refractivity contribution in [2.45, 2.75) is 44.6 Å². The first-order valence-electron chi connectivity index (χ1n) is 9.95. The van der Waals surface area contributed by atoms with Crippen molar-refractivity contribution in [2.24, 2.45) is 0 Å². The molecule has 1 aromatic carbocycles. The number of benzene rings is 1. The maximum atomic E-state index is 12.4. The van der Waals surface area contributed by atoms with Crippen LogP contribution in [0.25, 0.3) is 11.0 Å². The van der Waals surface area contributed by atoms with Crippen molar-refractivity contribution in [1.29, 1.82) is 0 Å².